The number of hydrogen-bond donors (Lipinski definition) is 2. The summed E-state index contributed by atoms with van der Waals surface area (Å²) in [5, 5.41) is 5.73. The minimum Gasteiger partial charge on any atom is -0.329 e. The van der Waals surface area contributed by atoms with E-state index in [1.807, 2.05) is 11.8 Å². The second-order valence-electron chi connectivity index (χ2n) is 3.72. The van der Waals surface area contributed by atoms with E-state index >= 15 is 0 Å². The lowest BCUT2D eigenvalue weighted by molar-refractivity contribution is 0.373. The van der Waals surface area contributed by atoms with E-state index in [1.54, 1.807) is 11.3 Å². The zero-order valence-electron chi connectivity index (χ0n) is 8.16. The molecule has 1 aromatic rings. The molecule has 1 fully saturated rings. The summed E-state index contributed by atoms with van der Waals surface area (Å²) in [5.41, 5.74) is 6.04. The van der Waals surface area contributed by atoms with Crippen LogP contribution in [0.25, 0.3) is 0 Å². The SMILES string of the molecule is NCC1(NCc2cccs2)CCSC1. The maximum Gasteiger partial charge on any atom is 0.0406 e. The van der Waals surface area contributed by atoms with Crippen molar-refractivity contribution in [1.82, 2.24) is 5.32 Å². The van der Waals surface area contributed by atoms with Crippen molar-refractivity contribution in [3.05, 3.63) is 22.4 Å². The molecule has 0 saturated carbocycles. The predicted molar refractivity (Wildman–Crippen MR) is 64.9 cm³/mol. The van der Waals surface area contributed by atoms with Crippen LogP contribution in [-0.4, -0.2) is 23.6 Å². The topological polar surface area (TPSA) is 38.0 Å². The van der Waals surface area contributed by atoms with Crippen LogP contribution in [0.5, 0.6) is 0 Å². The van der Waals surface area contributed by atoms with Crippen LogP contribution >= 0.6 is 23.1 Å². The molecule has 0 amide bonds. The number of rotatable bonds is 4. The molecule has 4 heteroatoms. The highest BCUT2D eigenvalue weighted by molar-refractivity contribution is 7.99. The Balaban J connectivity index is 1.89. The summed E-state index contributed by atoms with van der Waals surface area (Å²) in [6.07, 6.45) is 1.21. The number of thiophene rings is 1. The zero-order valence-corrected chi connectivity index (χ0v) is 9.79. The molecule has 0 aliphatic carbocycles. The molecule has 3 N–H and O–H groups in total. The second-order valence-corrected chi connectivity index (χ2v) is 5.86. The summed E-state index contributed by atoms with van der Waals surface area (Å²) < 4.78 is 0. The Hall–Kier alpha value is -0.0300. The van der Waals surface area contributed by atoms with Crippen molar-refractivity contribution in [2.75, 3.05) is 18.1 Å². The number of nitrogens with two attached hydrogens (primary N) is 1. The van der Waals surface area contributed by atoms with Gasteiger partial charge < -0.3 is 11.1 Å². The Morgan fingerprint density at radius 3 is 3.07 bits per heavy atom. The predicted octanol–water partition coefficient (Wildman–Crippen LogP) is 1.67. The Labute approximate surface area is 93.3 Å². The molecule has 0 aromatic carbocycles. The lowest BCUT2D eigenvalue weighted by Gasteiger charge is -2.27. The zero-order chi connectivity index (χ0) is 9.86. The fourth-order valence-corrected chi connectivity index (χ4v) is 3.75. The highest BCUT2D eigenvalue weighted by Crippen LogP contribution is 2.27. The molecule has 0 bridgehead atoms. The van der Waals surface area contributed by atoms with Crippen LogP contribution in [0.15, 0.2) is 17.5 Å². The molecule has 14 heavy (non-hydrogen) atoms. The molecule has 0 spiro atoms. The molecule has 1 aliphatic heterocycles. The lowest BCUT2D eigenvalue weighted by Crippen LogP contribution is -2.50. The van der Waals surface area contributed by atoms with Crippen LogP contribution in [-0.2, 0) is 6.54 Å². The molecular formula is C10H16N2S2. The highest BCUT2D eigenvalue weighted by atomic mass is 32.2. The van der Waals surface area contributed by atoms with Crippen LogP contribution in [0.4, 0.5) is 0 Å². The monoisotopic (exact) mass is 228 g/mol. The Morgan fingerprint density at radius 2 is 2.50 bits per heavy atom. The van der Waals surface area contributed by atoms with E-state index in [4.69, 9.17) is 5.73 Å². The summed E-state index contributed by atoms with van der Waals surface area (Å²) >= 11 is 3.81. The standard InChI is InChI=1S/C10H16N2S2/c11-7-10(3-5-13-8-10)12-6-9-2-1-4-14-9/h1-2,4,12H,3,5-8,11H2. The number of thioether (sulfide) groups is 1. The molecule has 0 radical (unpaired) electrons. The summed E-state index contributed by atoms with van der Waals surface area (Å²) in [7, 11) is 0. The minimum atomic E-state index is 0.203. The van der Waals surface area contributed by atoms with Gasteiger partial charge in [-0.2, -0.15) is 11.8 Å². The second kappa shape index (κ2) is 4.66. The van der Waals surface area contributed by atoms with E-state index in [2.05, 4.69) is 22.8 Å². The summed E-state index contributed by atoms with van der Waals surface area (Å²) in [5.74, 6) is 2.41. The van der Waals surface area contributed by atoms with Crippen molar-refractivity contribution in [3.63, 3.8) is 0 Å². The molecule has 2 heterocycles. The first-order valence-corrected chi connectivity index (χ1v) is 6.93. The van der Waals surface area contributed by atoms with Gasteiger partial charge in [-0.05, 0) is 23.6 Å². The molecule has 1 atom stereocenters. The summed E-state index contributed by atoms with van der Waals surface area (Å²) in [6, 6.07) is 4.27. The normalized spacial score (nSPS) is 26.9. The van der Waals surface area contributed by atoms with E-state index < -0.39 is 0 Å². The quantitative estimate of drug-likeness (QED) is 0.823. The van der Waals surface area contributed by atoms with Crippen LogP contribution in [0.2, 0.25) is 0 Å². The fraction of sp³-hybridized carbons (Fsp3) is 0.600. The van der Waals surface area contributed by atoms with Crippen molar-refractivity contribution in [3.8, 4) is 0 Å². The molecule has 2 rings (SSSR count). The molecule has 1 aromatic heterocycles. The molecule has 78 valence electrons. The molecule has 1 aliphatic rings. The van der Waals surface area contributed by atoms with Gasteiger partial charge in [0.15, 0.2) is 0 Å². The largest absolute Gasteiger partial charge is 0.329 e. The van der Waals surface area contributed by atoms with Gasteiger partial charge in [0.25, 0.3) is 0 Å². The fourth-order valence-electron chi connectivity index (χ4n) is 1.67. The summed E-state index contributed by atoms with van der Waals surface area (Å²) in [6.45, 7) is 1.72. The first kappa shape index (κ1) is 10.5. The van der Waals surface area contributed by atoms with Crippen LogP contribution in [0, 0.1) is 0 Å². The van der Waals surface area contributed by atoms with Crippen molar-refractivity contribution in [2.24, 2.45) is 5.73 Å². The van der Waals surface area contributed by atoms with Crippen LogP contribution < -0.4 is 11.1 Å². The molecule has 2 nitrogen and oxygen atoms in total. The van der Waals surface area contributed by atoms with Crippen LogP contribution in [0.3, 0.4) is 0 Å². The van der Waals surface area contributed by atoms with Gasteiger partial charge in [0.05, 0.1) is 0 Å². The Kier molecular flexibility index (Phi) is 3.49. The van der Waals surface area contributed by atoms with Gasteiger partial charge in [-0.15, -0.1) is 11.3 Å². The maximum atomic E-state index is 5.84. The van der Waals surface area contributed by atoms with Crippen molar-refractivity contribution in [1.29, 1.82) is 0 Å². The smallest absolute Gasteiger partial charge is 0.0406 e. The Morgan fingerprint density at radius 1 is 1.57 bits per heavy atom. The van der Waals surface area contributed by atoms with Gasteiger partial charge in [-0.3, -0.25) is 0 Å². The van der Waals surface area contributed by atoms with Gasteiger partial charge >= 0.3 is 0 Å². The number of hydrogen-bond acceptors (Lipinski definition) is 4. The van der Waals surface area contributed by atoms with E-state index in [-0.39, 0.29) is 5.54 Å². The van der Waals surface area contributed by atoms with E-state index in [0.717, 1.165) is 18.8 Å². The third-order valence-electron chi connectivity index (χ3n) is 2.71. The average molecular weight is 228 g/mol. The van der Waals surface area contributed by atoms with E-state index in [0.29, 0.717) is 0 Å². The minimum absolute atomic E-state index is 0.203. The summed E-state index contributed by atoms with van der Waals surface area (Å²) in [4.78, 5) is 1.40. The molecule has 1 unspecified atom stereocenters. The first-order chi connectivity index (χ1) is 6.85. The van der Waals surface area contributed by atoms with E-state index in [9.17, 15) is 0 Å². The van der Waals surface area contributed by atoms with Gasteiger partial charge in [-0.25, -0.2) is 0 Å². The van der Waals surface area contributed by atoms with E-state index in [1.165, 1.54) is 17.1 Å². The lowest BCUT2D eigenvalue weighted by atomic mass is 9.99. The highest BCUT2D eigenvalue weighted by Gasteiger charge is 2.32. The number of nitrogens with one attached hydrogen (secondary N) is 1. The third-order valence-corrected chi connectivity index (χ3v) is 4.84. The maximum absolute atomic E-state index is 5.84. The average Bonchev–Trinajstić information content (AvgIpc) is 2.87. The Bertz CT molecular complexity index is 266. The molecular weight excluding hydrogens is 212 g/mol. The van der Waals surface area contributed by atoms with Crippen molar-refractivity contribution >= 4 is 23.1 Å². The van der Waals surface area contributed by atoms with Gasteiger partial charge in [-0.1, -0.05) is 6.07 Å². The third kappa shape index (κ3) is 2.31. The van der Waals surface area contributed by atoms with Crippen LogP contribution in [0.1, 0.15) is 11.3 Å². The van der Waals surface area contributed by atoms with Crippen molar-refractivity contribution in [2.45, 2.75) is 18.5 Å². The van der Waals surface area contributed by atoms with Gasteiger partial charge in [0.1, 0.15) is 0 Å². The van der Waals surface area contributed by atoms with Gasteiger partial charge in [0, 0.05) is 29.3 Å². The first-order valence-electron chi connectivity index (χ1n) is 4.90. The molecule has 1 saturated heterocycles. The van der Waals surface area contributed by atoms with Crippen molar-refractivity contribution < 1.29 is 0 Å². The van der Waals surface area contributed by atoms with Gasteiger partial charge in [0.2, 0.25) is 0 Å².